The zero-order chi connectivity index (χ0) is 13.2. The summed E-state index contributed by atoms with van der Waals surface area (Å²) in [6, 6.07) is 5.43. The highest BCUT2D eigenvalue weighted by molar-refractivity contribution is 5.72. The van der Waals surface area contributed by atoms with Crippen molar-refractivity contribution in [1.82, 2.24) is 0 Å². The molecule has 1 aliphatic rings. The van der Waals surface area contributed by atoms with E-state index in [1.807, 2.05) is 0 Å². The maximum Gasteiger partial charge on any atom is 0.416 e. The molecule has 1 atom stereocenters. The van der Waals surface area contributed by atoms with Crippen molar-refractivity contribution in [3.8, 4) is 0 Å². The number of nitrogens with two attached hydrogens (primary N) is 1. The van der Waals surface area contributed by atoms with Crippen LogP contribution in [0.1, 0.15) is 17.5 Å². The minimum absolute atomic E-state index is 0.0560. The first-order valence-corrected chi connectivity index (χ1v) is 5.57. The molecule has 3 nitrogen and oxygen atoms in total. The summed E-state index contributed by atoms with van der Waals surface area (Å²) in [7, 11) is 0. The van der Waals surface area contributed by atoms with E-state index >= 15 is 0 Å². The SMILES string of the molecule is NC1=N[C@@H](CCc2cccc(C(F)(F)F)c2)CO1. The molecule has 0 aromatic heterocycles. The van der Waals surface area contributed by atoms with E-state index < -0.39 is 11.7 Å². The van der Waals surface area contributed by atoms with E-state index in [1.54, 1.807) is 6.07 Å². The summed E-state index contributed by atoms with van der Waals surface area (Å²) < 4.78 is 42.5. The smallest absolute Gasteiger partial charge is 0.416 e. The number of hydrogen-bond acceptors (Lipinski definition) is 3. The number of hydrogen-bond donors (Lipinski definition) is 1. The number of aryl methyl sites for hydroxylation is 1. The van der Waals surface area contributed by atoms with Gasteiger partial charge in [0.2, 0.25) is 0 Å². The fourth-order valence-electron chi connectivity index (χ4n) is 1.82. The molecule has 0 spiro atoms. The first-order valence-electron chi connectivity index (χ1n) is 5.57. The molecule has 98 valence electrons. The van der Waals surface area contributed by atoms with Crippen LogP contribution in [-0.2, 0) is 17.3 Å². The van der Waals surface area contributed by atoms with Crippen molar-refractivity contribution in [2.45, 2.75) is 25.1 Å². The highest BCUT2D eigenvalue weighted by Crippen LogP contribution is 2.29. The second-order valence-electron chi connectivity index (χ2n) is 4.17. The molecule has 0 aliphatic carbocycles. The first kappa shape index (κ1) is 12.7. The van der Waals surface area contributed by atoms with Crippen molar-refractivity contribution in [1.29, 1.82) is 0 Å². The minimum Gasteiger partial charge on any atom is -0.463 e. The highest BCUT2D eigenvalue weighted by Gasteiger charge is 2.30. The van der Waals surface area contributed by atoms with Gasteiger partial charge in [-0.25, -0.2) is 4.99 Å². The zero-order valence-corrected chi connectivity index (χ0v) is 9.57. The molecule has 0 radical (unpaired) electrons. The Morgan fingerprint density at radius 3 is 2.78 bits per heavy atom. The summed E-state index contributed by atoms with van der Waals surface area (Å²) in [5.41, 5.74) is 5.38. The first-order chi connectivity index (χ1) is 8.45. The molecule has 0 bridgehead atoms. The molecule has 0 fully saturated rings. The van der Waals surface area contributed by atoms with E-state index in [9.17, 15) is 13.2 Å². The van der Waals surface area contributed by atoms with Crippen molar-refractivity contribution in [2.75, 3.05) is 6.61 Å². The molecule has 1 aromatic rings. The predicted octanol–water partition coefficient (Wildman–Crippen LogP) is 2.35. The quantitative estimate of drug-likeness (QED) is 0.904. The summed E-state index contributed by atoms with van der Waals surface area (Å²) in [4.78, 5) is 4.02. The van der Waals surface area contributed by atoms with Crippen LogP contribution in [0.2, 0.25) is 0 Å². The summed E-state index contributed by atoms with van der Waals surface area (Å²) in [5, 5.41) is 0. The number of alkyl halides is 3. The van der Waals surface area contributed by atoms with E-state index in [1.165, 1.54) is 12.1 Å². The van der Waals surface area contributed by atoms with Crippen LogP contribution in [0, 0.1) is 0 Å². The standard InChI is InChI=1S/C12H13F3N2O/c13-12(14,15)9-3-1-2-8(6-9)4-5-10-7-18-11(16)17-10/h1-3,6,10H,4-5,7H2,(H2,16,17)/t10-/m0/s1. The zero-order valence-electron chi connectivity index (χ0n) is 9.57. The van der Waals surface area contributed by atoms with Gasteiger partial charge in [-0.1, -0.05) is 18.2 Å². The highest BCUT2D eigenvalue weighted by atomic mass is 19.4. The lowest BCUT2D eigenvalue weighted by Crippen LogP contribution is -2.10. The third-order valence-electron chi connectivity index (χ3n) is 2.75. The molecule has 0 saturated heterocycles. The Morgan fingerprint density at radius 1 is 1.39 bits per heavy atom. The Hall–Kier alpha value is -1.72. The molecule has 0 saturated carbocycles. The van der Waals surface area contributed by atoms with Gasteiger partial charge in [0.25, 0.3) is 6.02 Å². The number of aliphatic imine (C=N–C) groups is 1. The third kappa shape index (κ3) is 3.15. The Balaban J connectivity index is 1.98. The van der Waals surface area contributed by atoms with Crippen LogP contribution >= 0.6 is 0 Å². The van der Waals surface area contributed by atoms with Gasteiger partial charge in [0.1, 0.15) is 6.61 Å². The van der Waals surface area contributed by atoms with Gasteiger partial charge in [0, 0.05) is 0 Å². The normalized spacial score (nSPS) is 19.5. The molecule has 1 aromatic carbocycles. The lowest BCUT2D eigenvalue weighted by molar-refractivity contribution is -0.137. The predicted molar refractivity (Wildman–Crippen MR) is 61.1 cm³/mol. The summed E-state index contributed by atoms with van der Waals surface area (Å²) in [6.07, 6.45) is -3.15. The average molecular weight is 258 g/mol. The van der Waals surface area contributed by atoms with Gasteiger partial charge < -0.3 is 10.5 Å². The molecule has 2 N–H and O–H groups in total. The van der Waals surface area contributed by atoms with E-state index in [4.69, 9.17) is 10.5 Å². The van der Waals surface area contributed by atoms with Crippen LogP contribution in [0.25, 0.3) is 0 Å². The lowest BCUT2D eigenvalue weighted by atomic mass is 10.0. The lowest BCUT2D eigenvalue weighted by Gasteiger charge is -2.09. The summed E-state index contributed by atoms with van der Waals surface area (Å²) in [5.74, 6) is 0. The second-order valence-corrected chi connectivity index (χ2v) is 4.17. The van der Waals surface area contributed by atoms with E-state index in [2.05, 4.69) is 4.99 Å². The number of amidine groups is 1. The number of halogens is 3. The monoisotopic (exact) mass is 258 g/mol. The Morgan fingerprint density at radius 2 is 2.17 bits per heavy atom. The molecule has 0 amide bonds. The van der Waals surface area contributed by atoms with Crippen molar-refractivity contribution in [3.63, 3.8) is 0 Å². The van der Waals surface area contributed by atoms with Gasteiger partial charge in [0.05, 0.1) is 11.6 Å². The maximum absolute atomic E-state index is 12.5. The van der Waals surface area contributed by atoms with Crippen molar-refractivity contribution in [2.24, 2.45) is 10.7 Å². The van der Waals surface area contributed by atoms with Crippen molar-refractivity contribution < 1.29 is 17.9 Å². The molecule has 6 heteroatoms. The van der Waals surface area contributed by atoms with Crippen LogP contribution in [0.4, 0.5) is 13.2 Å². The van der Waals surface area contributed by atoms with Crippen LogP contribution in [0.3, 0.4) is 0 Å². The number of benzene rings is 1. The van der Waals surface area contributed by atoms with Crippen LogP contribution in [0.5, 0.6) is 0 Å². The fraction of sp³-hybridized carbons (Fsp3) is 0.417. The Labute approximate surface area is 102 Å². The average Bonchev–Trinajstić information content (AvgIpc) is 2.72. The van der Waals surface area contributed by atoms with Crippen LogP contribution < -0.4 is 5.73 Å². The molecule has 0 unspecified atom stereocenters. The van der Waals surface area contributed by atoms with Gasteiger partial charge in [0.15, 0.2) is 0 Å². The van der Waals surface area contributed by atoms with Gasteiger partial charge in [-0.15, -0.1) is 0 Å². The maximum atomic E-state index is 12.5. The molecule has 1 aliphatic heterocycles. The topological polar surface area (TPSA) is 47.6 Å². The van der Waals surface area contributed by atoms with Gasteiger partial charge in [-0.3, -0.25) is 0 Å². The molecule has 2 rings (SSSR count). The summed E-state index contributed by atoms with van der Waals surface area (Å²) in [6.45, 7) is 0.408. The fourth-order valence-corrected chi connectivity index (χ4v) is 1.82. The molecular formula is C12H13F3N2O. The third-order valence-corrected chi connectivity index (χ3v) is 2.75. The molecule has 18 heavy (non-hydrogen) atoms. The second kappa shape index (κ2) is 4.88. The molecule has 1 heterocycles. The van der Waals surface area contributed by atoms with Gasteiger partial charge in [-0.05, 0) is 24.5 Å². The van der Waals surface area contributed by atoms with Gasteiger partial charge >= 0.3 is 6.18 Å². The van der Waals surface area contributed by atoms with Gasteiger partial charge in [-0.2, -0.15) is 13.2 Å². The van der Waals surface area contributed by atoms with E-state index in [-0.39, 0.29) is 12.1 Å². The Kier molecular flexibility index (Phi) is 3.45. The largest absolute Gasteiger partial charge is 0.463 e. The number of rotatable bonds is 3. The molecular weight excluding hydrogens is 245 g/mol. The van der Waals surface area contributed by atoms with Crippen LogP contribution in [-0.4, -0.2) is 18.7 Å². The van der Waals surface area contributed by atoms with E-state index in [0.29, 0.717) is 25.0 Å². The van der Waals surface area contributed by atoms with Crippen LogP contribution in [0.15, 0.2) is 29.3 Å². The summed E-state index contributed by atoms with van der Waals surface area (Å²) >= 11 is 0. The van der Waals surface area contributed by atoms with Crippen molar-refractivity contribution in [3.05, 3.63) is 35.4 Å². The Bertz CT molecular complexity index is 457. The van der Waals surface area contributed by atoms with Crippen molar-refractivity contribution >= 4 is 6.02 Å². The minimum atomic E-state index is -4.30. The van der Waals surface area contributed by atoms with E-state index in [0.717, 1.165) is 6.07 Å². The number of ether oxygens (including phenoxy) is 1. The number of nitrogens with zero attached hydrogens (tertiary/aromatic N) is 1.